The molecule has 0 saturated carbocycles. The normalized spacial score (nSPS) is 21.6. The maximum Gasteiger partial charge on any atom is 0.410 e. The van der Waals surface area contributed by atoms with Crippen molar-refractivity contribution in [3.8, 4) is 0 Å². The molecule has 2 aliphatic heterocycles. The number of anilines is 2. The number of nitrogens with one attached hydrogen (secondary N) is 1. The van der Waals surface area contributed by atoms with E-state index in [0.29, 0.717) is 30.2 Å². The molecule has 29 heavy (non-hydrogen) atoms. The lowest BCUT2D eigenvalue weighted by Gasteiger charge is -2.42. The average molecular weight is 423 g/mol. The second-order valence-corrected chi connectivity index (χ2v) is 8.78. The Morgan fingerprint density at radius 2 is 1.93 bits per heavy atom. The van der Waals surface area contributed by atoms with Crippen LogP contribution in [0.15, 0.2) is 6.20 Å². The summed E-state index contributed by atoms with van der Waals surface area (Å²) in [5.74, 6) is 0.221. The molecule has 1 N–H and O–H groups in total. The lowest BCUT2D eigenvalue weighted by atomic mass is 10.1. The lowest BCUT2D eigenvalue weighted by Crippen LogP contribution is -2.57. The summed E-state index contributed by atoms with van der Waals surface area (Å²) >= 11 is 5.85. The largest absolute Gasteiger partial charge is 0.444 e. The first-order valence-corrected chi connectivity index (χ1v) is 10.0. The van der Waals surface area contributed by atoms with Gasteiger partial charge in [-0.1, -0.05) is 11.6 Å². The van der Waals surface area contributed by atoms with Crippen LogP contribution in [0.4, 0.5) is 21.0 Å². The third kappa shape index (κ3) is 3.63. The third-order valence-corrected chi connectivity index (χ3v) is 5.49. The Hall–Kier alpha value is -2.42. The fraction of sp³-hybridized carbons (Fsp3) is 0.579. The molecule has 0 radical (unpaired) electrons. The van der Waals surface area contributed by atoms with E-state index in [0.717, 1.165) is 12.8 Å². The highest BCUT2D eigenvalue weighted by Crippen LogP contribution is 2.36. The Bertz CT molecular complexity index is 952. The Labute approximate surface area is 173 Å². The van der Waals surface area contributed by atoms with Crippen molar-refractivity contribution in [3.05, 3.63) is 17.2 Å². The predicted octanol–water partition coefficient (Wildman–Crippen LogP) is 3.45. The SMILES string of the molecule is CNc1nc(N2CC3CCC(C2)N3C(=O)OC(C)(C)C)c2cnc(Cl)c(F)c2n1. The van der Waals surface area contributed by atoms with Gasteiger partial charge in [-0.3, -0.25) is 4.90 Å². The number of hydrogen-bond acceptors (Lipinski definition) is 7. The molecule has 1 amide bonds. The molecule has 2 aliphatic rings. The van der Waals surface area contributed by atoms with Gasteiger partial charge in [-0.05, 0) is 33.6 Å². The number of nitrogens with zero attached hydrogens (tertiary/aromatic N) is 5. The standard InChI is InChI=1S/C19H24ClFN6O2/c1-19(2,3)29-18(28)27-10-5-6-11(27)9-26(8-10)16-12-7-23-15(20)13(21)14(12)24-17(22-4)25-16/h7,10-11H,5-6,8-9H2,1-4H3,(H,22,24,25). The summed E-state index contributed by atoms with van der Waals surface area (Å²) in [5, 5.41) is 3.15. The van der Waals surface area contributed by atoms with Crippen LogP contribution in [0.5, 0.6) is 0 Å². The molecule has 8 nitrogen and oxygen atoms in total. The van der Waals surface area contributed by atoms with Crippen LogP contribution in [0.1, 0.15) is 33.6 Å². The Kier molecular flexibility index (Phi) is 4.88. The van der Waals surface area contributed by atoms with Crippen molar-refractivity contribution >= 4 is 40.4 Å². The van der Waals surface area contributed by atoms with E-state index in [2.05, 4.69) is 25.2 Å². The first kappa shape index (κ1) is 19.9. The molecular weight excluding hydrogens is 399 g/mol. The Morgan fingerprint density at radius 3 is 2.52 bits per heavy atom. The van der Waals surface area contributed by atoms with Crippen LogP contribution < -0.4 is 10.2 Å². The molecule has 2 atom stereocenters. The highest BCUT2D eigenvalue weighted by Gasteiger charge is 2.45. The number of carbonyl (C=O) groups is 1. The monoisotopic (exact) mass is 422 g/mol. The maximum absolute atomic E-state index is 14.6. The van der Waals surface area contributed by atoms with Gasteiger partial charge in [0.2, 0.25) is 5.95 Å². The van der Waals surface area contributed by atoms with Crippen molar-refractivity contribution in [2.45, 2.75) is 51.3 Å². The summed E-state index contributed by atoms with van der Waals surface area (Å²) in [6.45, 7) is 6.75. The van der Waals surface area contributed by atoms with Crippen LogP contribution in [-0.4, -0.2) is 63.8 Å². The zero-order valence-corrected chi connectivity index (χ0v) is 17.6. The number of aromatic nitrogens is 3. The predicted molar refractivity (Wildman–Crippen MR) is 109 cm³/mol. The second-order valence-electron chi connectivity index (χ2n) is 8.42. The highest BCUT2D eigenvalue weighted by atomic mass is 35.5. The zero-order chi connectivity index (χ0) is 20.9. The van der Waals surface area contributed by atoms with E-state index < -0.39 is 11.4 Å². The zero-order valence-electron chi connectivity index (χ0n) is 16.9. The topological polar surface area (TPSA) is 83.5 Å². The molecule has 2 aromatic rings. The minimum absolute atomic E-state index is 0.0109. The molecule has 2 unspecified atom stereocenters. The van der Waals surface area contributed by atoms with Gasteiger partial charge in [-0.25, -0.2) is 19.2 Å². The van der Waals surface area contributed by atoms with E-state index in [1.807, 2.05) is 25.7 Å². The molecule has 4 heterocycles. The Balaban J connectivity index is 1.67. The van der Waals surface area contributed by atoms with Gasteiger partial charge in [-0.15, -0.1) is 0 Å². The van der Waals surface area contributed by atoms with Gasteiger partial charge >= 0.3 is 6.09 Å². The number of pyridine rings is 1. The number of piperazine rings is 1. The van der Waals surface area contributed by atoms with Crippen LogP contribution in [0.2, 0.25) is 5.15 Å². The number of amides is 1. The van der Waals surface area contributed by atoms with Crippen molar-refractivity contribution in [1.29, 1.82) is 0 Å². The summed E-state index contributed by atoms with van der Waals surface area (Å²) in [4.78, 5) is 29.3. The number of carbonyl (C=O) groups excluding carboxylic acids is 1. The minimum Gasteiger partial charge on any atom is -0.444 e. The number of halogens is 2. The number of fused-ring (bicyclic) bond motifs is 3. The molecule has 0 aromatic carbocycles. The molecule has 2 aromatic heterocycles. The lowest BCUT2D eigenvalue weighted by molar-refractivity contribution is 0.0123. The minimum atomic E-state index is -0.667. The smallest absolute Gasteiger partial charge is 0.410 e. The van der Waals surface area contributed by atoms with Crippen LogP contribution in [0, 0.1) is 5.82 Å². The molecule has 0 spiro atoms. The number of rotatable bonds is 2. The maximum atomic E-state index is 14.6. The quantitative estimate of drug-likeness (QED) is 0.742. The highest BCUT2D eigenvalue weighted by molar-refractivity contribution is 6.30. The van der Waals surface area contributed by atoms with Gasteiger partial charge in [0.15, 0.2) is 11.0 Å². The molecule has 10 heteroatoms. The molecule has 156 valence electrons. The van der Waals surface area contributed by atoms with Gasteiger partial charge in [0.25, 0.3) is 0 Å². The summed E-state index contributed by atoms with van der Waals surface area (Å²) in [5.41, 5.74) is -0.415. The van der Waals surface area contributed by atoms with E-state index in [1.54, 1.807) is 7.05 Å². The van der Waals surface area contributed by atoms with Crippen LogP contribution in [0.25, 0.3) is 10.9 Å². The van der Waals surface area contributed by atoms with E-state index in [1.165, 1.54) is 6.20 Å². The second kappa shape index (κ2) is 7.12. The van der Waals surface area contributed by atoms with Gasteiger partial charge in [0.1, 0.15) is 16.9 Å². The van der Waals surface area contributed by atoms with E-state index in [9.17, 15) is 9.18 Å². The van der Waals surface area contributed by atoms with Crippen molar-refractivity contribution in [2.24, 2.45) is 0 Å². The molecule has 2 bridgehead atoms. The van der Waals surface area contributed by atoms with Crippen LogP contribution in [-0.2, 0) is 4.74 Å². The van der Waals surface area contributed by atoms with Gasteiger partial charge in [0, 0.05) is 26.3 Å². The molecule has 0 aliphatic carbocycles. The number of ether oxygens (including phenoxy) is 1. The number of hydrogen-bond donors (Lipinski definition) is 1. The van der Waals surface area contributed by atoms with Gasteiger partial charge in [0.05, 0.1) is 17.5 Å². The fourth-order valence-corrected chi connectivity index (χ4v) is 4.20. The fourth-order valence-electron chi connectivity index (χ4n) is 4.06. The first-order chi connectivity index (χ1) is 13.7. The van der Waals surface area contributed by atoms with E-state index in [-0.39, 0.29) is 28.8 Å². The van der Waals surface area contributed by atoms with Crippen molar-refractivity contribution in [1.82, 2.24) is 19.9 Å². The van der Waals surface area contributed by atoms with Crippen LogP contribution >= 0.6 is 11.6 Å². The van der Waals surface area contributed by atoms with Crippen molar-refractivity contribution < 1.29 is 13.9 Å². The summed E-state index contributed by atoms with van der Waals surface area (Å²) in [7, 11) is 1.68. The summed E-state index contributed by atoms with van der Waals surface area (Å²) in [6.07, 6.45) is 2.99. The van der Waals surface area contributed by atoms with Crippen molar-refractivity contribution in [2.75, 3.05) is 30.4 Å². The molecule has 4 rings (SSSR count). The van der Waals surface area contributed by atoms with E-state index >= 15 is 0 Å². The van der Waals surface area contributed by atoms with Gasteiger partial charge < -0.3 is 15.0 Å². The summed E-state index contributed by atoms with van der Waals surface area (Å²) < 4.78 is 20.1. The summed E-state index contributed by atoms with van der Waals surface area (Å²) in [6, 6.07) is 0.0218. The van der Waals surface area contributed by atoms with E-state index in [4.69, 9.17) is 16.3 Å². The Morgan fingerprint density at radius 1 is 1.28 bits per heavy atom. The first-order valence-electron chi connectivity index (χ1n) is 9.63. The van der Waals surface area contributed by atoms with Crippen LogP contribution in [0.3, 0.4) is 0 Å². The third-order valence-electron chi connectivity index (χ3n) is 5.23. The molecule has 2 fully saturated rings. The van der Waals surface area contributed by atoms with Crippen molar-refractivity contribution in [3.63, 3.8) is 0 Å². The van der Waals surface area contributed by atoms with Gasteiger partial charge in [-0.2, -0.15) is 4.98 Å². The average Bonchev–Trinajstić information content (AvgIpc) is 2.93. The molecule has 2 saturated heterocycles. The molecular formula is C19H24ClFN6O2.